The molecule has 5 nitrogen and oxygen atoms in total. The normalized spacial score (nSPS) is 11.1. The van der Waals surface area contributed by atoms with Crippen molar-refractivity contribution in [2.75, 3.05) is 16.2 Å². The number of halogens is 2. The Hall–Kier alpha value is -2.90. The van der Waals surface area contributed by atoms with Gasteiger partial charge in [0.05, 0.1) is 16.3 Å². The Morgan fingerprint density at radius 2 is 1.62 bits per heavy atom. The SMILES string of the molecule is Cc1ccccc1N(CC(=O)Nc1ccccc1F)S(=O)(=O)c1ccc(Cl)cc1. The summed E-state index contributed by atoms with van der Waals surface area (Å²) in [6.45, 7) is 1.22. The Labute approximate surface area is 173 Å². The van der Waals surface area contributed by atoms with Gasteiger partial charge < -0.3 is 5.32 Å². The number of carbonyl (C=O) groups is 1. The third-order valence-electron chi connectivity index (χ3n) is 4.22. The minimum absolute atomic E-state index is 0.0103. The maximum absolute atomic E-state index is 13.9. The van der Waals surface area contributed by atoms with Crippen LogP contribution in [-0.2, 0) is 14.8 Å². The van der Waals surface area contributed by atoms with Gasteiger partial charge in [-0.25, -0.2) is 12.8 Å². The fourth-order valence-corrected chi connectivity index (χ4v) is 4.37. The minimum Gasteiger partial charge on any atom is -0.322 e. The van der Waals surface area contributed by atoms with Crippen LogP contribution in [0.1, 0.15) is 5.56 Å². The molecule has 0 saturated heterocycles. The molecule has 0 aliphatic heterocycles. The topological polar surface area (TPSA) is 66.5 Å². The van der Waals surface area contributed by atoms with Crippen molar-refractivity contribution in [2.24, 2.45) is 0 Å². The molecule has 0 aromatic heterocycles. The van der Waals surface area contributed by atoms with Crippen molar-refractivity contribution in [3.63, 3.8) is 0 Å². The number of hydrogen-bond donors (Lipinski definition) is 1. The van der Waals surface area contributed by atoms with Gasteiger partial charge in [0.2, 0.25) is 5.91 Å². The Balaban J connectivity index is 1.98. The van der Waals surface area contributed by atoms with Crippen LogP contribution in [0.2, 0.25) is 5.02 Å². The van der Waals surface area contributed by atoms with Gasteiger partial charge in [0.1, 0.15) is 12.4 Å². The zero-order chi connectivity index (χ0) is 21.0. The van der Waals surface area contributed by atoms with Crippen LogP contribution in [-0.4, -0.2) is 20.9 Å². The van der Waals surface area contributed by atoms with E-state index < -0.39 is 28.3 Å². The number of aryl methyl sites for hydroxylation is 1. The average molecular weight is 433 g/mol. The molecule has 3 rings (SSSR count). The van der Waals surface area contributed by atoms with Gasteiger partial charge in [-0.2, -0.15) is 0 Å². The van der Waals surface area contributed by atoms with Crippen molar-refractivity contribution in [1.29, 1.82) is 0 Å². The predicted octanol–water partition coefficient (Wildman–Crippen LogP) is 4.62. The molecular weight excluding hydrogens is 415 g/mol. The molecule has 1 amide bonds. The molecule has 29 heavy (non-hydrogen) atoms. The molecule has 0 bridgehead atoms. The standard InChI is InChI=1S/C21H18ClFN2O3S/c1-15-6-2-5-9-20(15)25(29(27,28)17-12-10-16(22)11-13-17)14-21(26)24-19-8-4-3-7-18(19)23/h2-13H,14H2,1H3,(H,24,26). The molecule has 0 fully saturated rings. The molecule has 0 spiro atoms. The van der Waals surface area contributed by atoms with Gasteiger partial charge in [-0.3, -0.25) is 9.10 Å². The van der Waals surface area contributed by atoms with Gasteiger partial charge in [-0.1, -0.05) is 41.9 Å². The van der Waals surface area contributed by atoms with E-state index >= 15 is 0 Å². The Kier molecular flexibility index (Phi) is 6.20. The summed E-state index contributed by atoms with van der Waals surface area (Å²) < 4.78 is 41.4. The van der Waals surface area contributed by atoms with Crippen LogP contribution in [0, 0.1) is 12.7 Å². The molecule has 8 heteroatoms. The van der Waals surface area contributed by atoms with E-state index in [0.29, 0.717) is 16.3 Å². The molecule has 3 aromatic rings. The zero-order valence-corrected chi connectivity index (χ0v) is 17.0. The molecule has 0 atom stereocenters. The summed E-state index contributed by atoms with van der Waals surface area (Å²) in [5.41, 5.74) is 1.00. The lowest BCUT2D eigenvalue weighted by molar-refractivity contribution is -0.114. The summed E-state index contributed by atoms with van der Waals surface area (Å²) in [5.74, 6) is -1.28. The highest BCUT2D eigenvalue weighted by atomic mass is 35.5. The third-order valence-corrected chi connectivity index (χ3v) is 6.25. The number of rotatable bonds is 6. The van der Waals surface area contributed by atoms with Crippen LogP contribution in [0.5, 0.6) is 0 Å². The number of nitrogens with one attached hydrogen (secondary N) is 1. The number of nitrogens with zero attached hydrogens (tertiary/aromatic N) is 1. The molecule has 0 aliphatic carbocycles. The summed E-state index contributed by atoms with van der Waals surface area (Å²) in [7, 11) is -4.07. The van der Waals surface area contributed by atoms with Crippen molar-refractivity contribution in [2.45, 2.75) is 11.8 Å². The Bertz CT molecular complexity index is 1130. The number of anilines is 2. The molecule has 1 N–H and O–H groups in total. The first-order chi connectivity index (χ1) is 13.8. The fraction of sp³-hybridized carbons (Fsp3) is 0.0952. The van der Waals surface area contributed by atoms with E-state index in [0.717, 1.165) is 4.31 Å². The number of para-hydroxylation sites is 2. The smallest absolute Gasteiger partial charge is 0.264 e. The van der Waals surface area contributed by atoms with E-state index in [1.807, 2.05) is 0 Å². The second kappa shape index (κ2) is 8.63. The van der Waals surface area contributed by atoms with Gasteiger partial charge in [-0.15, -0.1) is 0 Å². The molecule has 0 saturated carbocycles. The lowest BCUT2D eigenvalue weighted by atomic mass is 10.2. The Morgan fingerprint density at radius 3 is 2.28 bits per heavy atom. The van der Waals surface area contributed by atoms with Crippen LogP contribution in [0.15, 0.2) is 77.7 Å². The van der Waals surface area contributed by atoms with Gasteiger partial charge >= 0.3 is 0 Å². The van der Waals surface area contributed by atoms with Crippen molar-refractivity contribution in [3.8, 4) is 0 Å². The molecule has 3 aromatic carbocycles. The maximum atomic E-state index is 13.9. The summed E-state index contributed by atoms with van der Waals surface area (Å²) in [6, 6.07) is 18.2. The van der Waals surface area contributed by atoms with E-state index in [-0.39, 0.29) is 10.6 Å². The van der Waals surface area contributed by atoms with Crippen LogP contribution in [0.3, 0.4) is 0 Å². The lowest BCUT2D eigenvalue weighted by Crippen LogP contribution is -2.38. The van der Waals surface area contributed by atoms with Crippen LogP contribution < -0.4 is 9.62 Å². The van der Waals surface area contributed by atoms with E-state index in [2.05, 4.69) is 5.32 Å². The van der Waals surface area contributed by atoms with Crippen LogP contribution in [0.25, 0.3) is 0 Å². The molecule has 150 valence electrons. The first-order valence-electron chi connectivity index (χ1n) is 8.67. The second-order valence-electron chi connectivity index (χ2n) is 6.28. The highest BCUT2D eigenvalue weighted by molar-refractivity contribution is 7.92. The monoisotopic (exact) mass is 432 g/mol. The van der Waals surface area contributed by atoms with Crippen LogP contribution >= 0.6 is 11.6 Å². The highest BCUT2D eigenvalue weighted by Crippen LogP contribution is 2.27. The summed E-state index contributed by atoms with van der Waals surface area (Å²) in [4.78, 5) is 12.6. The maximum Gasteiger partial charge on any atom is 0.264 e. The van der Waals surface area contributed by atoms with Gasteiger partial charge in [0.25, 0.3) is 10.0 Å². The third kappa shape index (κ3) is 4.75. The first-order valence-corrected chi connectivity index (χ1v) is 10.5. The largest absolute Gasteiger partial charge is 0.322 e. The van der Waals surface area contributed by atoms with Crippen molar-refractivity contribution in [1.82, 2.24) is 0 Å². The average Bonchev–Trinajstić information content (AvgIpc) is 2.69. The van der Waals surface area contributed by atoms with E-state index in [4.69, 9.17) is 11.6 Å². The molecule has 0 heterocycles. The number of sulfonamides is 1. The highest BCUT2D eigenvalue weighted by Gasteiger charge is 2.28. The molecule has 0 radical (unpaired) electrons. The van der Waals surface area contributed by atoms with Gasteiger partial charge in [-0.05, 0) is 55.0 Å². The molecule has 0 aliphatic rings. The summed E-state index contributed by atoms with van der Waals surface area (Å²) in [6.07, 6.45) is 0. The molecular formula is C21H18ClFN2O3S. The lowest BCUT2D eigenvalue weighted by Gasteiger charge is -2.25. The molecule has 0 unspecified atom stereocenters. The summed E-state index contributed by atoms with van der Waals surface area (Å²) in [5, 5.41) is 2.81. The van der Waals surface area contributed by atoms with Crippen molar-refractivity contribution < 1.29 is 17.6 Å². The van der Waals surface area contributed by atoms with E-state index in [9.17, 15) is 17.6 Å². The van der Waals surface area contributed by atoms with Crippen molar-refractivity contribution in [3.05, 3.63) is 89.2 Å². The second-order valence-corrected chi connectivity index (χ2v) is 8.58. The minimum atomic E-state index is -4.07. The van der Waals surface area contributed by atoms with E-state index in [1.165, 1.54) is 42.5 Å². The first kappa shape index (κ1) is 20.8. The number of carbonyl (C=O) groups excluding carboxylic acids is 1. The number of benzene rings is 3. The van der Waals surface area contributed by atoms with Crippen LogP contribution in [0.4, 0.5) is 15.8 Å². The van der Waals surface area contributed by atoms with E-state index in [1.54, 1.807) is 37.3 Å². The zero-order valence-electron chi connectivity index (χ0n) is 15.5. The quantitative estimate of drug-likeness (QED) is 0.618. The Morgan fingerprint density at radius 1 is 1.00 bits per heavy atom. The van der Waals surface area contributed by atoms with Crippen molar-refractivity contribution >= 4 is 38.9 Å². The number of amides is 1. The van der Waals surface area contributed by atoms with Gasteiger partial charge in [0.15, 0.2) is 0 Å². The fourth-order valence-electron chi connectivity index (χ4n) is 2.76. The predicted molar refractivity (Wildman–Crippen MR) is 112 cm³/mol. The van der Waals surface area contributed by atoms with Gasteiger partial charge in [0, 0.05) is 5.02 Å². The summed E-state index contributed by atoms with van der Waals surface area (Å²) >= 11 is 5.86. The number of hydrogen-bond acceptors (Lipinski definition) is 3.